The highest BCUT2D eigenvalue weighted by atomic mass is 16.2. The summed E-state index contributed by atoms with van der Waals surface area (Å²) in [5.41, 5.74) is 3.80. The van der Waals surface area contributed by atoms with Crippen molar-refractivity contribution in [2.45, 2.75) is 26.7 Å². The SMILES string of the molecule is Cc1ccc(C(=O)Nc2ccccc2C(=O)N2CCCC2)c(C)c1. The second-order valence-corrected chi connectivity index (χ2v) is 6.32. The molecule has 124 valence electrons. The summed E-state index contributed by atoms with van der Waals surface area (Å²) in [6.07, 6.45) is 2.09. The molecule has 1 heterocycles. The van der Waals surface area contributed by atoms with E-state index in [1.807, 2.05) is 49.1 Å². The smallest absolute Gasteiger partial charge is 0.255 e. The molecule has 0 aromatic heterocycles. The van der Waals surface area contributed by atoms with Crippen LogP contribution in [0.15, 0.2) is 42.5 Å². The summed E-state index contributed by atoms with van der Waals surface area (Å²) in [7, 11) is 0. The fourth-order valence-electron chi connectivity index (χ4n) is 3.13. The average molecular weight is 322 g/mol. The first-order valence-corrected chi connectivity index (χ1v) is 8.33. The van der Waals surface area contributed by atoms with Gasteiger partial charge in [-0.2, -0.15) is 0 Å². The van der Waals surface area contributed by atoms with Gasteiger partial charge in [-0.05, 0) is 50.5 Å². The van der Waals surface area contributed by atoms with E-state index in [0.717, 1.165) is 37.1 Å². The molecule has 4 heteroatoms. The molecule has 0 atom stereocenters. The van der Waals surface area contributed by atoms with E-state index in [4.69, 9.17) is 0 Å². The lowest BCUT2D eigenvalue weighted by Gasteiger charge is -2.18. The van der Waals surface area contributed by atoms with Crippen LogP contribution in [-0.2, 0) is 0 Å². The summed E-state index contributed by atoms with van der Waals surface area (Å²) in [5, 5.41) is 2.91. The van der Waals surface area contributed by atoms with Crippen molar-refractivity contribution in [3.05, 3.63) is 64.7 Å². The van der Waals surface area contributed by atoms with Gasteiger partial charge in [0.25, 0.3) is 11.8 Å². The Labute approximate surface area is 142 Å². The number of hydrogen-bond donors (Lipinski definition) is 1. The number of carbonyl (C=O) groups excluding carboxylic acids is 2. The van der Waals surface area contributed by atoms with Crippen LogP contribution in [0.1, 0.15) is 44.7 Å². The molecular formula is C20H22N2O2. The van der Waals surface area contributed by atoms with E-state index < -0.39 is 0 Å². The average Bonchev–Trinajstić information content (AvgIpc) is 3.09. The first-order valence-electron chi connectivity index (χ1n) is 8.33. The van der Waals surface area contributed by atoms with Gasteiger partial charge >= 0.3 is 0 Å². The Morgan fingerprint density at radius 1 is 0.958 bits per heavy atom. The van der Waals surface area contributed by atoms with E-state index in [-0.39, 0.29) is 11.8 Å². The number of aryl methyl sites for hydroxylation is 2. The molecule has 0 bridgehead atoms. The minimum atomic E-state index is -0.186. The molecule has 2 amide bonds. The highest BCUT2D eigenvalue weighted by molar-refractivity contribution is 6.09. The van der Waals surface area contributed by atoms with Crippen molar-refractivity contribution in [3.8, 4) is 0 Å². The largest absolute Gasteiger partial charge is 0.339 e. The molecule has 1 N–H and O–H groups in total. The topological polar surface area (TPSA) is 49.4 Å². The maximum atomic E-state index is 12.7. The molecule has 1 aliphatic rings. The third-order valence-electron chi connectivity index (χ3n) is 4.43. The minimum Gasteiger partial charge on any atom is -0.339 e. The molecule has 2 aromatic carbocycles. The molecule has 24 heavy (non-hydrogen) atoms. The number of benzene rings is 2. The number of rotatable bonds is 3. The molecule has 0 radical (unpaired) electrons. The fraction of sp³-hybridized carbons (Fsp3) is 0.300. The van der Waals surface area contributed by atoms with Crippen LogP contribution in [0.2, 0.25) is 0 Å². The summed E-state index contributed by atoms with van der Waals surface area (Å²) in [6.45, 7) is 5.50. The van der Waals surface area contributed by atoms with E-state index in [0.29, 0.717) is 16.8 Å². The molecule has 4 nitrogen and oxygen atoms in total. The zero-order valence-corrected chi connectivity index (χ0v) is 14.1. The van der Waals surface area contributed by atoms with Crippen LogP contribution in [0, 0.1) is 13.8 Å². The standard InChI is InChI=1S/C20H22N2O2/c1-14-9-10-16(15(2)13-14)19(23)21-18-8-4-3-7-17(18)20(24)22-11-5-6-12-22/h3-4,7-10,13H,5-6,11-12H2,1-2H3,(H,21,23). The second kappa shape index (κ2) is 6.87. The van der Waals surface area contributed by atoms with Gasteiger partial charge in [0.1, 0.15) is 0 Å². The number of likely N-dealkylation sites (tertiary alicyclic amines) is 1. The third-order valence-corrected chi connectivity index (χ3v) is 4.43. The van der Waals surface area contributed by atoms with E-state index in [1.165, 1.54) is 0 Å². The Balaban J connectivity index is 1.84. The summed E-state index contributed by atoms with van der Waals surface area (Å²) < 4.78 is 0. The Bertz CT molecular complexity index is 777. The van der Waals surface area contributed by atoms with Gasteiger partial charge in [-0.3, -0.25) is 9.59 Å². The normalized spacial score (nSPS) is 13.8. The first-order chi connectivity index (χ1) is 11.6. The van der Waals surface area contributed by atoms with Gasteiger partial charge in [0, 0.05) is 18.7 Å². The highest BCUT2D eigenvalue weighted by Crippen LogP contribution is 2.21. The number of para-hydroxylation sites is 1. The number of amides is 2. The second-order valence-electron chi connectivity index (χ2n) is 6.32. The van der Waals surface area contributed by atoms with E-state index in [2.05, 4.69) is 5.32 Å². The van der Waals surface area contributed by atoms with Crippen molar-refractivity contribution in [3.63, 3.8) is 0 Å². The molecule has 1 fully saturated rings. The van der Waals surface area contributed by atoms with Gasteiger partial charge in [-0.15, -0.1) is 0 Å². The van der Waals surface area contributed by atoms with Gasteiger partial charge in [-0.25, -0.2) is 0 Å². The number of hydrogen-bond acceptors (Lipinski definition) is 2. The number of nitrogens with one attached hydrogen (secondary N) is 1. The lowest BCUT2D eigenvalue weighted by atomic mass is 10.0. The van der Waals surface area contributed by atoms with Gasteiger partial charge in [-0.1, -0.05) is 29.8 Å². The van der Waals surface area contributed by atoms with Crippen LogP contribution in [0.5, 0.6) is 0 Å². The Morgan fingerprint density at radius 2 is 1.67 bits per heavy atom. The lowest BCUT2D eigenvalue weighted by Crippen LogP contribution is -2.28. The highest BCUT2D eigenvalue weighted by Gasteiger charge is 2.22. The van der Waals surface area contributed by atoms with Gasteiger partial charge in [0.2, 0.25) is 0 Å². The Kier molecular flexibility index (Phi) is 4.65. The van der Waals surface area contributed by atoms with Crippen LogP contribution in [0.3, 0.4) is 0 Å². The molecule has 0 saturated carbocycles. The molecule has 1 saturated heterocycles. The number of nitrogens with zero attached hydrogens (tertiary/aromatic N) is 1. The third kappa shape index (κ3) is 3.32. The zero-order valence-electron chi connectivity index (χ0n) is 14.1. The van der Waals surface area contributed by atoms with Crippen molar-refractivity contribution in [1.29, 1.82) is 0 Å². The summed E-state index contributed by atoms with van der Waals surface area (Å²) in [6, 6.07) is 12.9. The fourth-order valence-corrected chi connectivity index (χ4v) is 3.13. The Hall–Kier alpha value is -2.62. The number of anilines is 1. The first kappa shape index (κ1) is 16.2. The monoisotopic (exact) mass is 322 g/mol. The Morgan fingerprint density at radius 3 is 2.38 bits per heavy atom. The van der Waals surface area contributed by atoms with E-state index in [1.54, 1.807) is 12.1 Å². The van der Waals surface area contributed by atoms with Crippen molar-refractivity contribution in [2.75, 3.05) is 18.4 Å². The quantitative estimate of drug-likeness (QED) is 0.934. The van der Waals surface area contributed by atoms with Crippen molar-refractivity contribution in [2.24, 2.45) is 0 Å². The van der Waals surface area contributed by atoms with Crippen molar-refractivity contribution < 1.29 is 9.59 Å². The summed E-state index contributed by atoms with van der Waals surface area (Å²) >= 11 is 0. The predicted molar refractivity (Wildman–Crippen MR) is 95.4 cm³/mol. The van der Waals surface area contributed by atoms with Crippen LogP contribution in [0.4, 0.5) is 5.69 Å². The maximum Gasteiger partial charge on any atom is 0.255 e. The molecule has 0 aliphatic carbocycles. The predicted octanol–water partition coefficient (Wildman–Crippen LogP) is 3.79. The van der Waals surface area contributed by atoms with E-state index >= 15 is 0 Å². The zero-order chi connectivity index (χ0) is 17.1. The van der Waals surface area contributed by atoms with Crippen LogP contribution >= 0.6 is 0 Å². The lowest BCUT2D eigenvalue weighted by molar-refractivity contribution is 0.0794. The summed E-state index contributed by atoms with van der Waals surface area (Å²) in [4.78, 5) is 27.1. The van der Waals surface area contributed by atoms with Crippen LogP contribution < -0.4 is 5.32 Å². The molecule has 0 spiro atoms. The van der Waals surface area contributed by atoms with Crippen molar-refractivity contribution >= 4 is 17.5 Å². The van der Waals surface area contributed by atoms with Gasteiger partial charge < -0.3 is 10.2 Å². The van der Waals surface area contributed by atoms with E-state index in [9.17, 15) is 9.59 Å². The molecule has 3 rings (SSSR count). The molecule has 1 aliphatic heterocycles. The summed E-state index contributed by atoms with van der Waals surface area (Å²) in [5.74, 6) is -0.196. The van der Waals surface area contributed by atoms with Crippen molar-refractivity contribution in [1.82, 2.24) is 4.90 Å². The number of carbonyl (C=O) groups is 2. The minimum absolute atomic E-state index is 0.0102. The van der Waals surface area contributed by atoms with Gasteiger partial charge in [0.15, 0.2) is 0 Å². The molecule has 0 unspecified atom stereocenters. The maximum absolute atomic E-state index is 12.7. The van der Waals surface area contributed by atoms with Crippen LogP contribution in [-0.4, -0.2) is 29.8 Å². The molecular weight excluding hydrogens is 300 g/mol. The van der Waals surface area contributed by atoms with Crippen LogP contribution in [0.25, 0.3) is 0 Å². The molecule has 2 aromatic rings. The van der Waals surface area contributed by atoms with Gasteiger partial charge in [0.05, 0.1) is 11.3 Å².